The number of nitrogens with one attached hydrogen (secondary N) is 1. The second-order valence-electron chi connectivity index (χ2n) is 7.30. The van der Waals surface area contributed by atoms with Gasteiger partial charge in [0.1, 0.15) is 18.2 Å². The van der Waals surface area contributed by atoms with Crippen molar-refractivity contribution in [2.75, 3.05) is 7.11 Å². The Morgan fingerprint density at radius 1 is 1.00 bits per heavy atom. The quantitative estimate of drug-likeness (QED) is 0.449. The van der Waals surface area contributed by atoms with Gasteiger partial charge >= 0.3 is 11.9 Å². The zero-order valence-corrected chi connectivity index (χ0v) is 17.7. The fraction of sp³-hybridized carbons (Fsp3) is 0.375. The van der Waals surface area contributed by atoms with Gasteiger partial charge in [0, 0.05) is 12.0 Å². The van der Waals surface area contributed by atoms with Crippen LogP contribution in [0.4, 0.5) is 0 Å². The summed E-state index contributed by atoms with van der Waals surface area (Å²) < 4.78 is 10.4. The maximum atomic E-state index is 12.8. The first-order valence-corrected chi connectivity index (χ1v) is 10.0. The highest BCUT2D eigenvalue weighted by molar-refractivity contribution is 5.96. The summed E-state index contributed by atoms with van der Waals surface area (Å²) in [6.45, 7) is 3.67. The van der Waals surface area contributed by atoms with Crippen LogP contribution < -0.4 is 5.32 Å². The van der Waals surface area contributed by atoms with Crippen molar-refractivity contribution in [2.45, 2.75) is 51.3 Å². The summed E-state index contributed by atoms with van der Waals surface area (Å²) in [5.74, 6) is -1.06. The molecule has 0 bridgehead atoms. The first kappa shape index (κ1) is 23.3. The van der Waals surface area contributed by atoms with Gasteiger partial charge in [-0.05, 0) is 25.3 Å². The van der Waals surface area contributed by atoms with E-state index < -0.39 is 23.5 Å². The molecular weight excluding hydrogens is 382 g/mol. The number of rotatable bonds is 11. The van der Waals surface area contributed by atoms with Gasteiger partial charge in [0.2, 0.25) is 0 Å². The average Bonchev–Trinajstić information content (AvgIpc) is 2.80. The van der Waals surface area contributed by atoms with Crippen molar-refractivity contribution in [3.05, 3.63) is 71.8 Å². The first-order valence-electron chi connectivity index (χ1n) is 10.0. The zero-order valence-electron chi connectivity index (χ0n) is 17.7. The molecule has 0 fully saturated rings. The minimum absolute atomic E-state index is 0.0730. The predicted octanol–water partition coefficient (Wildman–Crippen LogP) is 3.69. The van der Waals surface area contributed by atoms with Crippen molar-refractivity contribution in [3.63, 3.8) is 0 Å². The van der Waals surface area contributed by atoms with E-state index >= 15 is 0 Å². The van der Waals surface area contributed by atoms with Gasteiger partial charge in [0.25, 0.3) is 0 Å². The third-order valence-electron chi connectivity index (χ3n) is 5.10. The number of esters is 2. The van der Waals surface area contributed by atoms with Crippen molar-refractivity contribution < 1.29 is 23.9 Å². The highest BCUT2D eigenvalue weighted by Crippen LogP contribution is 2.17. The second-order valence-corrected chi connectivity index (χ2v) is 7.30. The van der Waals surface area contributed by atoms with Crippen LogP contribution in [0.15, 0.2) is 60.7 Å². The molecular formula is C24H29NO5. The van der Waals surface area contributed by atoms with Gasteiger partial charge in [-0.2, -0.15) is 0 Å². The zero-order chi connectivity index (χ0) is 22.0. The SMILES string of the molecule is CCC(C)(NC(CCC(=O)c1ccccc1)C(=O)OC)C(=O)OCc1ccccc1. The van der Waals surface area contributed by atoms with Gasteiger partial charge in [-0.3, -0.25) is 19.7 Å². The number of methoxy groups -OCH3 is 1. The van der Waals surface area contributed by atoms with E-state index in [1.807, 2.05) is 43.3 Å². The third kappa shape index (κ3) is 6.52. The lowest BCUT2D eigenvalue weighted by Crippen LogP contribution is -2.56. The lowest BCUT2D eigenvalue weighted by Gasteiger charge is -2.31. The number of ether oxygens (including phenoxy) is 2. The molecule has 6 nitrogen and oxygen atoms in total. The fourth-order valence-electron chi connectivity index (χ4n) is 3.01. The molecule has 0 radical (unpaired) electrons. The number of ketones is 1. The fourth-order valence-corrected chi connectivity index (χ4v) is 3.01. The van der Waals surface area contributed by atoms with Crippen molar-refractivity contribution in [1.82, 2.24) is 5.32 Å². The van der Waals surface area contributed by atoms with E-state index in [9.17, 15) is 14.4 Å². The van der Waals surface area contributed by atoms with E-state index in [1.165, 1.54) is 7.11 Å². The van der Waals surface area contributed by atoms with Gasteiger partial charge in [0.15, 0.2) is 5.78 Å². The smallest absolute Gasteiger partial charge is 0.326 e. The summed E-state index contributed by atoms with van der Waals surface area (Å²) in [7, 11) is 1.28. The molecule has 0 amide bonds. The van der Waals surface area contributed by atoms with Crippen LogP contribution in [0, 0.1) is 0 Å². The lowest BCUT2D eigenvalue weighted by molar-refractivity contribution is -0.154. The van der Waals surface area contributed by atoms with Crippen molar-refractivity contribution in [1.29, 1.82) is 0 Å². The van der Waals surface area contributed by atoms with Crippen LogP contribution in [-0.2, 0) is 25.7 Å². The third-order valence-corrected chi connectivity index (χ3v) is 5.10. The molecule has 0 aliphatic carbocycles. The lowest BCUT2D eigenvalue weighted by atomic mass is 9.95. The van der Waals surface area contributed by atoms with Crippen LogP contribution >= 0.6 is 0 Å². The van der Waals surface area contributed by atoms with Crippen LogP contribution in [0.25, 0.3) is 0 Å². The number of hydrogen-bond acceptors (Lipinski definition) is 6. The Morgan fingerprint density at radius 3 is 2.17 bits per heavy atom. The highest BCUT2D eigenvalue weighted by Gasteiger charge is 2.37. The van der Waals surface area contributed by atoms with Crippen LogP contribution in [0.2, 0.25) is 0 Å². The molecule has 160 valence electrons. The maximum absolute atomic E-state index is 12.8. The Bertz CT molecular complexity index is 837. The molecule has 2 unspecified atom stereocenters. The Labute approximate surface area is 177 Å². The Balaban J connectivity index is 2.03. The number of hydrogen-bond donors (Lipinski definition) is 1. The summed E-state index contributed by atoms with van der Waals surface area (Å²) in [6, 6.07) is 17.5. The molecule has 6 heteroatoms. The van der Waals surface area contributed by atoms with Crippen LogP contribution in [0.3, 0.4) is 0 Å². The van der Waals surface area contributed by atoms with Gasteiger partial charge in [-0.1, -0.05) is 67.6 Å². The number of carbonyl (C=O) groups is 3. The van der Waals surface area contributed by atoms with Gasteiger partial charge in [0.05, 0.1) is 7.11 Å². The van der Waals surface area contributed by atoms with Gasteiger partial charge in [-0.25, -0.2) is 0 Å². The van der Waals surface area contributed by atoms with Crippen molar-refractivity contribution >= 4 is 17.7 Å². The predicted molar refractivity (Wildman–Crippen MR) is 114 cm³/mol. The molecule has 30 heavy (non-hydrogen) atoms. The standard InChI is InChI=1S/C24H29NO5/c1-4-24(2,23(28)30-17-18-11-7-5-8-12-18)25-20(22(27)29-3)15-16-21(26)19-13-9-6-10-14-19/h5-14,20,25H,4,15-17H2,1-3H3. The van der Waals surface area contributed by atoms with Gasteiger partial charge in [-0.15, -0.1) is 0 Å². The summed E-state index contributed by atoms with van der Waals surface area (Å²) in [5, 5.41) is 3.07. The molecule has 2 aromatic rings. The molecule has 2 atom stereocenters. The van der Waals surface area contributed by atoms with E-state index in [4.69, 9.17) is 9.47 Å². The molecule has 0 spiro atoms. The monoisotopic (exact) mass is 411 g/mol. The summed E-state index contributed by atoms with van der Waals surface area (Å²) in [5.41, 5.74) is 0.368. The Kier molecular flexibility index (Phi) is 8.74. The maximum Gasteiger partial charge on any atom is 0.326 e. The molecule has 0 saturated carbocycles. The number of Topliss-reactive ketones (excluding diaryl/α,β-unsaturated/α-hetero) is 1. The number of benzene rings is 2. The molecule has 0 aromatic heterocycles. The summed E-state index contributed by atoms with van der Waals surface area (Å²) in [6.07, 6.45) is 0.762. The molecule has 0 heterocycles. The van der Waals surface area contributed by atoms with E-state index in [0.717, 1.165) is 5.56 Å². The van der Waals surface area contributed by atoms with E-state index in [-0.39, 0.29) is 25.2 Å². The van der Waals surface area contributed by atoms with E-state index in [2.05, 4.69) is 5.32 Å². The molecule has 0 saturated heterocycles. The highest BCUT2D eigenvalue weighted by atomic mass is 16.5. The second kappa shape index (κ2) is 11.3. The largest absolute Gasteiger partial charge is 0.468 e. The summed E-state index contributed by atoms with van der Waals surface area (Å²) in [4.78, 5) is 37.5. The van der Waals surface area contributed by atoms with E-state index in [0.29, 0.717) is 12.0 Å². The average molecular weight is 411 g/mol. The topological polar surface area (TPSA) is 81.7 Å². The minimum Gasteiger partial charge on any atom is -0.468 e. The van der Waals surface area contributed by atoms with Crippen molar-refractivity contribution in [3.8, 4) is 0 Å². The molecule has 0 aliphatic heterocycles. The minimum atomic E-state index is -1.09. The molecule has 0 aliphatic rings. The summed E-state index contributed by atoms with van der Waals surface area (Å²) >= 11 is 0. The first-order chi connectivity index (χ1) is 14.4. The van der Waals surface area contributed by atoms with Crippen molar-refractivity contribution in [2.24, 2.45) is 0 Å². The Hall–Kier alpha value is -2.99. The van der Waals surface area contributed by atoms with Crippen LogP contribution in [-0.4, -0.2) is 36.4 Å². The van der Waals surface area contributed by atoms with E-state index in [1.54, 1.807) is 31.2 Å². The molecule has 1 N–H and O–H groups in total. The molecule has 2 rings (SSSR count). The van der Waals surface area contributed by atoms with Gasteiger partial charge < -0.3 is 9.47 Å². The Morgan fingerprint density at radius 2 is 1.60 bits per heavy atom. The number of carbonyl (C=O) groups excluding carboxylic acids is 3. The van der Waals surface area contributed by atoms with Crippen LogP contribution in [0.1, 0.15) is 49.0 Å². The van der Waals surface area contributed by atoms with Crippen LogP contribution in [0.5, 0.6) is 0 Å². The molecule has 2 aromatic carbocycles. The normalized spacial score (nSPS) is 13.7.